The molecule has 0 amide bonds. The third-order valence-corrected chi connectivity index (χ3v) is 8.33. The Hall–Kier alpha value is -3.94. The van der Waals surface area contributed by atoms with Gasteiger partial charge in [0.1, 0.15) is 18.2 Å². The number of benzene rings is 2. The van der Waals surface area contributed by atoms with Gasteiger partial charge in [-0.25, -0.2) is 9.97 Å². The number of likely N-dealkylation sites (tertiary alicyclic amines) is 1. The van der Waals surface area contributed by atoms with Crippen LogP contribution in [0.1, 0.15) is 47.8 Å². The zero-order chi connectivity index (χ0) is 29.2. The first-order valence-electron chi connectivity index (χ1n) is 14.6. The van der Waals surface area contributed by atoms with Gasteiger partial charge in [0, 0.05) is 37.1 Å². The first-order chi connectivity index (χ1) is 20.4. The van der Waals surface area contributed by atoms with E-state index in [0.29, 0.717) is 17.5 Å². The van der Waals surface area contributed by atoms with Gasteiger partial charge < -0.3 is 13.9 Å². The van der Waals surface area contributed by atoms with Crippen LogP contribution in [-0.2, 0) is 32.7 Å². The average Bonchev–Trinajstić information content (AvgIpc) is 3.55. The van der Waals surface area contributed by atoms with Crippen LogP contribution in [0.15, 0.2) is 73.8 Å². The minimum Gasteiger partial charge on any atom is -0.487 e. The molecule has 0 N–H and O–H groups in total. The molecular formula is C34H37ClN6O. The number of halogens is 1. The predicted octanol–water partition coefficient (Wildman–Crippen LogP) is 6.94. The van der Waals surface area contributed by atoms with Crippen LogP contribution in [-0.4, -0.2) is 42.1 Å². The minimum absolute atomic E-state index is 0.438. The average molecular weight is 581 g/mol. The summed E-state index contributed by atoms with van der Waals surface area (Å²) in [4.78, 5) is 16.5. The minimum atomic E-state index is 0.438. The molecule has 4 heterocycles. The quantitative estimate of drug-likeness (QED) is 0.169. The fourth-order valence-electron chi connectivity index (χ4n) is 5.79. The number of pyridine rings is 1. The molecular weight excluding hydrogens is 544 g/mol. The number of imidazole rings is 2. The highest BCUT2D eigenvalue weighted by Crippen LogP contribution is 2.27. The van der Waals surface area contributed by atoms with Gasteiger partial charge in [-0.2, -0.15) is 0 Å². The Morgan fingerprint density at radius 1 is 1.10 bits per heavy atom. The second kappa shape index (κ2) is 12.1. The number of allylic oxidation sites excluding steroid dienone is 1. The normalized spacial score (nSPS) is 13.9. The van der Waals surface area contributed by atoms with Crippen LogP contribution in [0.4, 0.5) is 0 Å². The molecule has 0 aliphatic carbocycles. The van der Waals surface area contributed by atoms with Gasteiger partial charge >= 0.3 is 0 Å². The summed E-state index contributed by atoms with van der Waals surface area (Å²) in [6.07, 6.45) is 6.79. The van der Waals surface area contributed by atoms with Gasteiger partial charge in [0.05, 0.1) is 41.8 Å². The molecule has 6 rings (SSSR count). The van der Waals surface area contributed by atoms with Crippen molar-refractivity contribution >= 4 is 28.2 Å². The summed E-state index contributed by atoms with van der Waals surface area (Å²) in [7, 11) is 0. The number of ether oxygens (including phenoxy) is 1. The number of nitrogens with zero attached hydrogens (tertiary/aromatic N) is 6. The summed E-state index contributed by atoms with van der Waals surface area (Å²) in [6, 6.07) is 16.4. The number of aromatic nitrogens is 5. The van der Waals surface area contributed by atoms with Crippen molar-refractivity contribution in [3.05, 3.63) is 113 Å². The fraction of sp³-hybridized carbons (Fsp3) is 0.324. The maximum absolute atomic E-state index is 6.08. The Bertz CT molecular complexity index is 1730. The molecule has 0 spiro atoms. The molecule has 0 saturated carbocycles. The molecule has 0 bridgehead atoms. The zero-order valence-electron chi connectivity index (χ0n) is 24.6. The highest BCUT2D eigenvalue weighted by Gasteiger charge is 2.28. The lowest BCUT2D eigenvalue weighted by Crippen LogP contribution is -2.47. The summed E-state index contributed by atoms with van der Waals surface area (Å²) in [5.74, 6) is 2.53. The second-order valence-electron chi connectivity index (χ2n) is 11.4. The zero-order valence-corrected chi connectivity index (χ0v) is 25.3. The van der Waals surface area contributed by atoms with Gasteiger partial charge in [0.15, 0.2) is 0 Å². The van der Waals surface area contributed by atoms with E-state index in [0.717, 1.165) is 84.1 Å². The van der Waals surface area contributed by atoms with E-state index in [9.17, 15) is 0 Å². The molecule has 8 heteroatoms. The molecule has 1 fully saturated rings. The van der Waals surface area contributed by atoms with Crippen LogP contribution >= 0.6 is 11.6 Å². The van der Waals surface area contributed by atoms with E-state index in [1.54, 1.807) is 0 Å². The topological polar surface area (TPSA) is 61.0 Å². The highest BCUT2D eigenvalue weighted by atomic mass is 35.5. The third-order valence-electron chi connectivity index (χ3n) is 8.10. The van der Waals surface area contributed by atoms with Crippen molar-refractivity contribution in [1.82, 2.24) is 29.0 Å². The number of rotatable bonds is 11. The monoisotopic (exact) mass is 580 g/mol. The summed E-state index contributed by atoms with van der Waals surface area (Å²) in [6.45, 7) is 15.3. The van der Waals surface area contributed by atoms with E-state index in [-0.39, 0.29) is 0 Å². The molecule has 0 unspecified atom stereocenters. The molecule has 216 valence electrons. The predicted molar refractivity (Wildman–Crippen MR) is 169 cm³/mol. The van der Waals surface area contributed by atoms with E-state index in [1.165, 1.54) is 11.3 Å². The highest BCUT2D eigenvalue weighted by molar-refractivity contribution is 6.30. The molecule has 1 aliphatic rings. The van der Waals surface area contributed by atoms with E-state index in [1.807, 2.05) is 43.8 Å². The van der Waals surface area contributed by atoms with Crippen molar-refractivity contribution in [3.8, 4) is 5.75 Å². The van der Waals surface area contributed by atoms with Crippen molar-refractivity contribution in [2.45, 2.75) is 53.4 Å². The van der Waals surface area contributed by atoms with Crippen molar-refractivity contribution in [3.63, 3.8) is 0 Å². The second-order valence-corrected chi connectivity index (χ2v) is 11.8. The number of hydrogen-bond donors (Lipinski definition) is 0. The van der Waals surface area contributed by atoms with Gasteiger partial charge in [0.25, 0.3) is 0 Å². The van der Waals surface area contributed by atoms with Gasteiger partial charge in [-0.15, -0.1) is 0 Å². The van der Waals surface area contributed by atoms with Crippen LogP contribution in [0.25, 0.3) is 16.6 Å². The van der Waals surface area contributed by atoms with Crippen LogP contribution < -0.4 is 4.74 Å². The van der Waals surface area contributed by atoms with Crippen molar-refractivity contribution in [1.29, 1.82) is 0 Å². The molecule has 1 aliphatic heterocycles. The lowest BCUT2D eigenvalue weighted by atomic mass is 9.92. The molecule has 1 saturated heterocycles. The standard InChI is InChI=1S/C34H37ClN6O/c1-5-40-22-36-16-30(40)19-41-32-15-27(23(2)3)6-8-31(32)38-34(41)20-39-17-26(18-39)13-25-10-11-37-29(14-25)21-42-33-9-7-28(35)12-24(33)4/h6-12,14-16,22,26H,2,5,13,17-21H2,1,3-4H3. The van der Waals surface area contributed by atoms with Crippen LogP contribution in [0, 0.1) is 12.8 Å². The lowest BCUT2D eigenvalue weighted by Gasteiger charge is -2.39. The number of aryl methyl sites for hydroxylation is 2. The van der Waals surface area contributed by atoms with Crippen LogP contribution in [0.3, 0.4) is 0 Å². The number of hydrogen-bond acceptors (Lipinski definition) is 5. The first kappa shape index (κ1) is 28.2. The fourth-order valence-corrected chi connectivity index (χ4v) is 6.02. The van der Waals surface area contributed by atoms with E-state index >= 15 is 0 Å². The molecule has 42 heavy (non-hydrogen) atoms. The Morgan fingerprint density at radius 3 is 2.74 bits per heavy atom. The summed E-state index contributed by atoms with van der Waals surface area (Å²) in [5.41, 5.74) is 8.82. The van der Waals surface area contributed by atoms with Crippen molar-refractivity contribution in [2.75, 3.05) is 13.1 Å². The summed E-state index contributed by atoms with van der Waals surface area (Å²) < 4.78 is 10.6. The van der Waals surface area contributed by atoms with E-state index in [4.69, 9.17) is 21.3 Å². The van der Waals surface area contributed by atoms with Crippen molar-refractivity contribution in [2.24, 2.45) is 5.92 Å². The Kier molecular flexibility index (Phi) is 8.13. The van der Waals surface area contributed by atoms with Gasteiger partial charge in [-0.3, -0.25) is 9.88 Å². The molecule has 0 radical (unpaired) electrons. The van der Waals surface area contributed by atoms with Crippen LogP contribution in [0.5, 0.6) is 5.75 Å². The van der Waals surface area contributed by atoms with Crippen LogP contribution in [0.2, 0.25) is 5.02 Å². The first-order valence-corrected chi connectivity index (χ1v) is 14.9. The lowest BCUT2D eigenvalue weighted by molar-refractivity contribution is 0.0886. The van der Waals surface area contributed by atoms with E-state index in [2.05, 4.69) is 74.8 Å². The molecule has 0 atom stereocenters. The molecule has 5 aromatic rings. The molecule has 7 nitrogen and oxygen atoms in total. The smallest absolute Gasteiger partial charge is 0.130 e. The largest absolute Gasteiger partial charge is 0.487 e. The Morgan fingerprint density at radius 2 is 1.95 bits per heavy atom. The summed E-state index contributed by atoms with van der Waals surface area (Å²) >= 11 is 6.08. The van der Waals surface area contributed by atoms with Gasteiger partial charge in [-0.05, 0) is 92.3 Å². The van der Waals surface area contributed by atoms with Crippen molar-refractivity contribution < 1.29 is 4.74 Å². The third kappa shape index (κ3) is 6.13. The SMILES string of the molecule is C=C(C)c1ccc2nc(CN3CC(Cc4ccnc(COc5ccc(Cl)cc5C)c4)C3)n(Cc3cncn3CC)c2c1. The molecule has 3 aromatic heterocycles. The van der Waals surface area contributed by atoms with Gasteiger partial charge in [0.2, 0.25) is 0 Å². The molecule has 2 aromatic carbocycles. The Balaban J connectivity index is 1.11. The summed E-state index contributed by atoms with van der Waals surface area (Å²) in [5, 5.41) is 0.715. The Labute approximate surface area is 252 Å². The number of fused-ring (bicyclic) bond motifs is 1. The maximum atomic E-state index is 6.08. The van der Waals surface area contributed by atoms with Gasteiger partial charge in [-0.1, -0.05) is 29.8 Å². The maximum Gasteiger partial charge on any atom is 0.130 e. The van der Waals surface area contributed by atoms with E-state index < -0.39 is 0 Å².